The van der Waals surface area contributed by atoms with Gasteiger partial charge in [0.25, 0.3) is 5.85 Å². The number of aliphatic hydroxyl groups is 5. The molecule has 2 aliphatic rings. The number of aromatic nitrogens is 1. The first kappa shape index (κ1) is 13.5. The lowest BCUT2D eigenvalue weighted by Gasteiger charge is -2.23. The summed E-state index contributed by atoms with van der Waals surface area (Å²) in [6, 6.07) is 0. The summed E-state index contributed by atoms with van der Waals surface area (Å²) in [5.41, 5.74) is 3.82. The molecular formula is C11H16N4O5. The molecule has 0 spiro atoms. The topological polar surface area (TPSA) is 145 Å². The Labute approximate surface area is 113 Å². The van der Waals surface area contributed by atoms with Gasteiger partial charge >= 0.3 is 0 Å². The van der Waals surface area contributed by atoms with Crippen LogP contribution >= 0.6 is 0 Å². The van der Waals surface area contributed by atoms with Gasteiger partial charge in [-0.3, -0.25) is 5.01 Å². The summed E-state index contributed by atoms with van der Waals surface area (Å²) in [5, 5.41) is 50.0. The third-order valence-corrected chi connectivity index (χ3v) is 3.57. The van der Waals surface area contributed by atoms with Crippen molar-refractivity contribution in [3.63, 3.8) is 0 Å². The summed E-state index contributed by atoms with van der Waals surface area (Å²) in [6.07, 6.45) is -1.30. The summed E-state index contributed by atoms with van der Waals surface area (Å²) in [4.78, 5) is 6.64. The molecule has 1 aromatic rings. The van der Waals surface area contributed by atoms with E-state index in [1.807, 2.05) is 0 Å². The van der Waals surface area contributed by atoms with Crippen molar-refractivity contribution in [2.75, 3.05) is 11.6 Å². The highest BCUT2D eigenvalue weighted by molar-refractivity contribution is 5.87. The number of aliphatic hydroxyl groups excluding tert-OH is 4. The molecule has 0 saturated carbocycles. The number of hydrogen-bond acceptors (Lipinski definition) is 8. The first-order valence-corrected chi connectivity index (χ1v) is 6.19. The molecule has 9 heteroatoms. The number of nitrogens with zero attached hydrogens (tertiary/aromatic N) is 2. The number of rotatable bonds is 5. The van der Waals surface area contributed by atoms with Crippen LogP contribution in [0.1, 0.15) is 23.8 Å². The molecule has 4 atom stereocenters. The van der Waals surface area contributed by atoms with Gasteiger partial charge in [-0.25, -0.2) is 4.99 Å². The highest BCUT2D eigenvalue weighted by Crippen LogP contribution is 2.43. The van der Waals surface area contributed by atoms with E-state index < -0.39 is 24.2 Å². The maximum Gasteiger partial charge on any atom is 0.277 e. The van der Waals surface area contributed by atoms with Crippen LogP contribution in [0.3, 0.4) is 0 Å². The zero-order valence-corrected chi connectivity index (χ0v) is 10.4. The molecular weight excluding hydrogens is 268 g/mol. The van der Waals surface area contributed by atoms with Crippen molar-refractivity contribution in [2.24, 2.45) is 4.99 Å². The third-order valence-electron chi connectivity index (χ3n) is 3.57. The first-order valence-electron chi connectivity index (χ1n) is 6.19. The van der Waals surface area contributed by atoms with Gasteiger partial charge in [-0.2, -0.15) is 5.43 Å². The van der Waals surface area contributed by atoms with Gasteiger partial charge in [0, 0.05) is 18.4 Å². The van der Waals surface area contributed by atoms with Crippen LogP contribution < -0.4 is 10.4 Å². The molecule has 2 aliphatic heterocycles. The quantitative estimate of drug-likeness (QED) is 0.320. The second-order valence-corrected chi connectivity index (χ2v) is 4.88. The normalized spacial score (nSPS) is 27.8. The first-order chi connectivity index (χ1) is 9.48. The van der Waals surface area contributed by atoms with Crippen molar-refractivity contribution in [3.05, 3.63) is 17.5 Å². The lowest BCUT2D eigenvalue weighted by atomic mass is 9.99. The second kappa shape index (κ2) is 4.52. The average Bonchev–Trinajstić information content (AvgIpc) is 3.07. The highest BCUT2D eigenvalue weighted by atomic mass is 16.4. The molecule has 9 nitrogen and oxygen atoms in total. The predicted octanol–water partition coefficient (Wildman–Crippen LogP) is -2.38. The summed E-state index contributed by atoms with van der Waals surface area (Å²) >= 11 is 0. The molecule has 0 fully saturated rings. The maximum absolute atomic E-state index is 10.2. The molecule has 2 bridgehead atoms. The van der Waals surface area contributed by atoms with Crippen molar-refractivity contribution in [1.29, 1.82) is 0 Å². The van der Waals surface area contributed by atoms with Crippen LogP contribution in [-0.2, 0) is 5.85 Å². The Morgan fingerprint density at radius 2 is 2.10 bits per heavy atom. The Morgan fingerprint density at radius 1 is 1.35 bits per heavy atom. The van der Waals surface area contributed by atoms with E-state index in [4.69, 9.17) is 5.11 Å². The number of nitrogens with one attached hydrogen (secondary N) is 2. The fourth-order valence-corrected chi connectivity index (χ4v) is 2.48. The standard InChI is InChI=1S/C11H16N4O5/c16-2-1-6(17)9(19)8(18)5-3-12-10-7(5)15-4-13-11(10,20)14-15/h3-4,6,8-9,12,14,16-20H,1-2H2/t6-,8?,9-,11?/m1/s1. The van der Waals surface area contributed by atoms with Crippen molar-refractivity contribution in [3.8, 4) is 0 Å². The molecule has 2 unspecified atom stereocenters. The Kier molecular flexibility index (Phi) is 3.05. The number of aliphatic imine (C=N–C) groups is 1. The lowest BCUT2D eigenvalue weighted by Crippen LogP contribution is -2.38. The van der Waals surface area contributed by atoms with Gasteiger partial charge in [-0.15, -0.1) is 0 Å². The van der Waals surface area contributed by atoms with Crippen LogP contribution in [0.15, 0.2) is 11.2 Å². The van der Waals surface area contributed by atoms with Gasteiger partial charge in [0.1, 0.15) is 24.2 Å². The number of fused-ring (bicyclic) bond motifs is 5. The van der Waals surface area contributed by atoms with E-state index in [9.17, 15) is 20.4 Å². The monoisotopic (exact) mass is 284 g/mol. The minimum absolute atomic E-state index is 0.0435. The summed E-state index contributed by atoms with van der Waals surface area (Å²) in [6.45, 7) is -0.295. The van der Waals surface area contributed by atoms with Gasteiger partial charge in [-0.1, -0.05) is 0 Å². The molecule has 110 valence electrons. The van der Waals surface area contributed by atoms with Gasteiger partial charge in [0.15, 0.2) is 0 Å². The van der Waals surface area contributed by atoms with Gasteiger partial charge in [0.2, 0.25) is 0 Å². The molecule has 3 heterocycles. The average molecular weight is 284 g/mol. The largest absolute Gasteiger partial charge is 0.396 e. The third kappa shape index (κ3) is 1.76. The summed E-state index contributed by atoms with van der Waals surface area (Å²) in [7, 11) is 0. The van der Waals surface area contributed by atoms with Crippen LogP contribution in [0.4, 0.5) is 5.69 Å². The summed E-state index contributed by atoms with van der Waals surface area (Å²) < 4.78 is 0. The van der Waals surface area contributed by atoms with Crippen LogP contribution in [0.5, 0.6) is 0 Å². The van der Waals surface area contributed by atoms with Gasteiger partial charge in [-0.05, 0) is 6.42 Å². The van der Waals surface area contributed by atoms with E-state index in [1.165, 1.54) is 17.5 Å². The van der Waals surface area contributed by atoms with Crippen molar-refractivity contribution < 1.29 is 25.5 Å². The van der Waals surface area contributed by atoms with Crippen molar-refractivity contribution in [2.45, 2.75) is 30.6 Å². The summed E-state index contributed by atoms with van der Waals surface area (Å²) in [5.74, 6) is -1.58. The van der Waals surface area contributed by atoms with Crippen LogP contribution in [0, 0.1) is 0 Å². The number of hydrogen-bond donors (Lipinski definition) is 7. The number of hydrazine groups is 1. The number of H-pyrrole nitrogens is 1. The van der Waals surface area contributed by atoms with E-state index in [0.717, 1.165) is 0 Å². The van der Waals surface area contributed by atoms with E-state index in [-0.39, 0.29) is 13.0 Å². The number of aromatic amines is 1. The van der Waals surface area contributed by atoms with Crippen LogP contribution in [0.25, 0.3) is 0 Å². The van der Waals surface area contributed by atoms with Crippen LogP contribution in [0.2, 0.25) is 0 Å². The molecule has 20 heavy (non-hydrogen) atoms. The lowest BCUT2D eigenvalue weighted by molar-refractivity contribution is -0.0668. The van der Waals surface area contributed by atoms with E-state index in [2.05, 4.69) is 15.4 Å². The SMILES string of the molecule is OCC[C@@H](O)[C@@H](O)C(O)c1c[nH]c2c1N1C=NC2(O)N1. The fraction of sp³-hybridized carbons (Fsp3) is 0.545. The molecule has 0 aliphatic carbocycles. The Balaban J connectivity index is 1.87. The molecule has 0 saturated heterocycles. The highest BCUT2D eigenvalue weighted by Gasteiger charge is 2.48. The Hall–Kier alpha value is -1.49. The zero-order chi connectivity index (χ0) is 14.5. The molecule has 0 radical (unpaired) electrons. The zero-order valence-electron chi connectivity index (χ0n) is 10.4. The van der Waals surface area contributed by atoms with Gasteiger partial charge < -0.3 is 30.5 Å². The second-order valence-electron chi connectivity index (χ2n) is 4.88. The molecule has 3 rings (SSSR count). The van der Waals surface area contributed by atoms with Crippen molar-refractivity contribution >= 4 is 12.0 Å². The van der Waals surface area contributed by atoms with Gasteiger partial charge in [0.05, 0.1) is 11.8 Å². The van der Waals surface area contributed by atoms with Crippen molar-refractivity contribution in [1.82, 2.24) is 10.4 Å². The number of anilines is 1. The maximum atomic E-state index is 10.2. The predicted molar refractivity (Wildman–Crippen MR) is 67.5 cm³/mol. The van der Waals surface area contributed by atoms with E-state index in [0.29, 0.717) is 16.9 Å². The minimum Gasteiger partial charge on any atom is -0.396 e. The van der Waals surface area contributed by atoms with Crippen LogP contribution in [-0.4, -0.2) is 55.7 Å². The molecule has 0 amide bonds. The minimum atomic E-state index is -1.58. The molecule has 7 N–H and O–H groups in total. The van der Waals surface area contributed by atoms with E-state index in [1.54, 1.807) is 0 Å². The smallest absolute Gasteiger partial charge is 0.277 e. The Bertz CT molecular complexity index is 547. The fourth-order valence-electron chi connectivity index (χ4n) is 2.48. The molecule has 0 aromatic carbocycles. The Morgan fingerprint density at radius 3 is 2.80 bits per heavy atom. The molecule has 1 aromatic heterocycles. The van der Waals surface area contributed by atoms with E-state index >= 15 is 0 Å².